The summed E-state index contributed by atoms with van der Waals surface area (Å²) in [7, 11) is 2.94. The number of likely N-dealkylation sites (tertiary alicyclic amines) is 1. The number of carbonyl (C=O) groups is 2. The molecule has 0 aliphatic carbocycles. The van der Waals surface area contributed by atoms with Crippen LogP contribution in [0.15, 0.2) is 78.5 Å². The van der Waals surface area contributed by atoms with Crippen LogP contribution in [-0.4, -0.2) is 40.9 Å². The maximum absolute atomic E-state index is 14.1. The number of aliphatic hydroxyl groups is 1. The van der Waals surface area contributed by atoms with E-state index in [4.69, 9.17) is 9.47 Å². The summed E-state index contributed by atoms with van der Waals surface area (Å²) in [6, 6.07) is 17.3. The predicted octanol–water partition coefficient (Wildman–Crippen LogP) is 4.95. The van der Waals surface area contributed by atoms with Gasteiger partial charge in [-0.15, -0.1) is 0 Å². The van der Waals surface area contributed by atoms with Crippen LogP contribution in [0.4, 0.5) is 4.39 Å². The van der Waals surface area contributed by atoms with Gasteiger partial charge in [0.1, 0.15) is 23.1 Å². The highest BCUT2D eigenvalue weighted by atomic mass is 19.1. The van der Waals surface area contributed by atoms with E-state index in [2.05, 4.69) is 4.98 Å². The Labute approximate surface area is 206 Å². The second-order valence-corrected chi connectivity index (χ2v) is 8.41. The van der Waals surface area contributed by atoms with Crippen molar-refractivity contribution in [2.24, 2.45) is 0 Å². The van der Waals surface area contributed by atoms with Crippen LogP contribution in [0.1, 0.15) is 22.7 Å². The molecule has 1 fully saturated rings. The third-order valence-corrected chi connectivity index (χ3v) is 6.38. The van der Waals surface area contributed by atoms with Gasteiger partial charge in [0.15, 0.2) is 0 Å². The van der Waals surface area contributed by atoms with Gasteiger partial charge in [-0.05, 0) is 42.0 Å². The summed E-state index contributed by atoms with van der Waals surface area (Å²) in [4.78, 5) is 31.3. The van der Waals surface area contributed by atoms with Gasteiger partial charge >= 0.3 is 0 Å². The Morgan fingerprint density at radius 3 is 2.50 bits per heavy atom. The van der Waals surface area contributed by atoms with Crippen LogP contribution >= 0.6 is 0 Å². The molecule has 1 aromatic heterocycles. The molecule has 1 amide bonds. The monoisotopic (exact) mass is 486 g/mol. The highest BCUT2D eigenvalue weighted by Crippen LogP contribution is 2.43. The van der Waals surface area contributed by atoms with Gasteiger partial charge in [0.2, 0.25) is 0 Å². The Balaban J connectivity index is 1.71. The maximum atomic E-state index is 14.1. The van der Waals surface area contributed by atoms with Crippen LogP contribution in [0.2, 0.25) is 0 Å². The molecular formula is C28H23FN2O5. The number of rotatable bonds is 6. The lowest BCUT2D eigenvalue weighted by Gasteiger charge is -2.25. The second-order valence-electron chi connectivity index (χ2n) is 8.41. The van der Waals surface area contributed by atoms with Crippen molar-refractivity contribution in [3.63, 3.8) is 0 Å². The van der Waals surface area contributed by atoms with Gasteiger partial charge in [0, 0.05) is 29.2 Å². The molecule has 182 valence electrons. The van der Waals surface area contributed by atoms with Crippen LogP contribution in [0.25, 0.3) is 16.7 Å². The predicted molar refractivity (Wildman–Crippen MR) is 132 cm³/mol. The first-order chi connectivity index (χ1) is 17.4. The van der Waals surface area contributed by atoms with Crippen molar-refractivity contribution in [2.45, 2.75) is 12.6 Å². The number of H-pyrrole nitrogens is 1. The number of hydrogen-bond acceptors (Lipinski definition) is 5. The maximum Gasteiger partial charge on any atom is 0.295 e. The van der Waals surface area contributed by atoms with Crippen molar-refractivity contribution in [1.82, 2.24) is 9.88 Å². The van der Waals surface area contributed by atoms with E-state index in [1.165, 1.54) is 24.1 Å². The van der Waals surface area contributed by atoms with E-state index in [0.29, 0.717) is 11.3 Å². The fraction of sp³-hybridized carbons (Fsp3) is 0.143. The first kappa shape index (κ1) is 23.2. The number of fused-ring (bicyclic) bond motifs is 1. The van der Waals surface area contributed by atoms with E-state index >= 15 is 0 Å². The number of benzene rings is 3. The van der Waals surface area contributed by atoms with E-state index < -0.39 is 29.3 Å². The molecule has 1 saturated heterocycles. The normalized spacial score (nSPS) is 17.1. The fourth-order valence-corrected chi connectivity index (χ4v) is 4.62. The van der Waals surface area contributed by atoms with Crippen molar-refractivity contribution in [2.75, 3.05) is 14.2 Å². The zero-order chi connectivity index (χ0) is 25.4. The molecule has 2 heterocycles. The number of methoxy groups -OCH3 is 2. The number of aromatic nitrogens is 1. The average molecular weight is 486 g/mol. The standard InChI is InChI=1S/C28H23FN2O5/c1-35-18-10-7-16(8-11-18)15-31-25(21-14-30-22-6-4-3-5-19(21)22)24(27(33)28(31)34)26(32)20-13-17(29)9-12-23(20)36-2/h3-14,25,30,32H,15H2,1-2H3/b26-24+. The topological polar surface area (TPSA) is 91.9 Å². The Bertz CT molecular complexity index is 1510. The number of ketones is 1. The van der Waals surface area contributed by atoms with Crippen LogP contribution in [-0.2, 0) is 16.1 Å². The molecule has 0 radical (unpaired) electrons. The second kappa shape index (κ2) is 9.22. The molecule has 1 aliphatic heterocycles. The highest BCUT2D eigenvalue weighted by molar-refractivity contribution is 6.46. The largest absolute Gasteiger partial charge is 0.507 e. The number of para-hydroxylation sites is 1. The van der Waals surface area contributed by atoms with Gasteiger partial charge in [-0.1, -0.05) is 30.3 Å². The van der Waals surface area contributed by atoms with Crippen molar-refractivity contribution in [1.29, 1.82) is 0 Å². The van der Waals surface area contributed by atoms with Gasteiger partial charge < -0.3 is 24.5 Å². The number of nitrogens with zero attached hydrogens (tertiary/aromatic N) is 1. The Morgan fingerprint density at radius 2 is 1.78 bits per heavy atom. The third kappa shape index (κ3) is 3.86. The molecule has 5 rings (SSSR count). The van der Waals surface area contributed by atoms with Gasteiger partial charge in [-0.3, -0.25) is 9.59 Å². The molecule has 1 aliphatic rings. The number of aromatic amines is 1. The summed E-state index contributed by atoms with van der Waals surface area (Å²) < 4.78 is 24.7. The summed E-state index contributed by atoms with van der Waals surface area (Å²) in [5, 5.41) is 12.1. The lowest BCUT2D eigenvalue weighted by Crippen LogP contribution is -2.29. The molecule has 36 heavy (non-hydrogen) atoms. The number of hydrogen-bond donors (Lipinski definition) is 2. The number of ether oxygens (including phenoxy) is 2. The minimum Gasteiger partial charge on any atom is -0.507 e. The first-order valence-corrected chi connectivity index (χ1v) is 11.2. The van der Waals surface area contributed by atoms with E-state index in [1.807, 2.05) is 24.3 Å². The van der Waals surface area contributed by atoms with Crippen molar-refractivity contribution >= 4 is 28.4 Å². The lowest BCUT2D eigenvalue weighted by molar-refractivity contribution is -0.140. The Hall–Kier alpha value is -4.59. The Morgan fingerprint density at radius 1 is 1.03 bits per heavy atom. The van der Waals surface area contributed by atoms with Crippen LogP contribution in [0.5, 0.6) is 11.5 Å². The van der Waals surface area contributed by atoms with E-state index in [9.17, 15) is 19.1 Å². The summed E-state index contributed by atoms with van der Waals surface area (Å²) in [5.74, 6) is -1.91. The number of aliphatic hydroxyl groups excluding tert-OH is 1. The zero-order valence-corrected chi connectivity index (χ0v) is 19.6. The van der Waals surface area contributed by atoms with Gasteiger partial charge in [-0.2, -0.15) is 0 Å². The first-order valence-electron chi connectivity index (χ1n) is 11.2. The number of Topliss-reactive ketones (excluding diaryl/α,β-unsaturated/α-hetero) is 1. The molecule has 2 N–H and O–H groups in total. The van der Waals surface area contributed by atoms with Crippen LogP contribution in [0.3, 0.4) is 0 Å². The van der Waals surface area contributed by atoms with Crippen LogP contribution < -0.4 is 9.47 Å². The smallest absolute Gasteiger partial charge is 0.295 e. The minimum atomic E-state index is -0.920. The Kier molecular flexibility index (Phi) is 5.93. The summed E-state index contributed by atoms with van der Waals surface area (Å²) in [6.07, 6.45) is 1.72. The third-order valence-electron chi connectivity index (χ3n) is 6.38. The average Bonchev–Trinajstić information content (AvgIpc) is 3.43. The van der Waals surface area contributed by atoms with Crippen molar-refractivity contribution in [3.05, 3.63) is 101 Å². The van der Waals surface area contributed by atoms with Gasteiger partial charge in [-0.25, -0.2) is 4.39 Å². The zero-order valence-electron chi connectivity index (χ0n) is 19.6. The molecular weight excluding hydrogens is 463 g/mol. The SMILES string of the molecule is COc1ccc(CN2C(=O)C(=O)/C(=C(/O)c3cc(F)ccc3OC)C2c2c[nH]c3ccccc23)cc1. The van der Waals surface area contributed by atoms with Gasteiger partial charge in [0.05, 0.1) is 31.4 Å². The summed E-state index contributed by atoms with van der Waals surface area (Å²) in [6.45, 7) is 0.107. The van der Waals surface area contributed by atoms with Crippen LogP contribution in [0, 0.1) is 5.82 Å². The summed E-state index contributed by atoms with van der Waals surface area (Å²) >= 11 is 0. The molecule has 0 saturated carbocycles. The fourth-order valence-electron chi connectivity index (χ4n) is 4.62. The molecule has 0 spiro atoms. The molecule has 3 aromatic carbocycles. The number of amides is 1. The number of nitrogens with one attached hydrogen (secondary N) is 1. The lowest BCUT2D eigenvalue weighted by atomic mass is 9.94. The molecule has 1 unspecified atom stereocenters. The molecule has 0 bridgehead atoms. The highest BCUT2D eigenvalue weighted by Gasteiger charge is 2.47. The molecule has 7 nitrogen and oxygen atoms in total. The number of halogens is 1. The number of carbonyl (C=O) groups excluding carboxylic acids is 2. The molecule has 8 heteroatoms. The van der Waals surface area contributed by atoms with Gasteiger partial charge in [0.25, 0.3) is 11.7 Å². The van der Waals surface area contributed by atoms with Crippen molar-refractivity contribution in [3.8, 4) is 11.5 Å². The minimum absolute atomic E-state index is 0.00945. The summed E-state index contributed by atoms with van der Waals surface area (Å²) in [5.41, 5.74) is 2.07. The van der Waals surface area contributed by atoms with Crippen molar-refractivity contribution < 1.29 is 28.6 Å². The van der Waals surface area contributed by atoms with E-state index in [0.717, 1.165) is 22.5 Å². The molecule has 4 aromatic rings. The van der Waals surface area contributed by atoms with E-state index in [1.54, 1.807) is 37.6 Å². The quantitative estimate of drug-likeness (QED) is 0.229. The molecule has 1 atom stereocenters. The van der Waals surface area contributed by atoms with E-state index in [-0.39, 0.29) is 23.4 Å².